The lowest BCUT2D eigenvalue weighted by Crippen LogP contribution is -2.56. The molecule has 2 aliphatic rings. The molecule has 2 heterocycles. The average molecular weight is 448 g/mol. The van der Waals surface area contributed by atoms with Gasteiger partial charge in [0.25, 0.3) is 0 Å². The highest BCUT2D eigenvalue weighted by Crippen LogP contribution is 2.16. The number of rotatable bonds is 7. The fraction of sp³-hybridized carbons (Fsp3) is 0.680. The van der Waals surface area contributed by atoms with Gasteiger partial charge in [0.2, 0.25) is 11.8 Å². The van der Waals surface area contributed by atoms with E-state index < -0.39 is 18.2 Å². The number of carbonyl (C=O) groups is 2. The number of ether oxygens (including phenoxy) is 1. The molecule has 2 amide bonds. The van der Waals surface area contributed by atoms with Crippen LogP contribution in [0.4, 0.5) is 0 Å². The van der Waals surface area contributed by atoms with Crippen molar-refractivity contribution >= 4 is 11.8 Å². The Morgan fingerprint density at radius 2 is 1.81 bits per heavy atom. The standard InChI is InChI=1S/C25H41N3O4/c1-17(2)12-13-26-16-22(29)21-15-19-8-10-20(11-9-19)32-14-6-5-7-23(30)28-24(18(3)4)25(31)27-21/h8-11,17-18,21-22,24,26,29H,5-7,12-16H2,1-4H3,(H,27,31)(H,28,30)/t21-,22+,24?/m0/s1. The Kier molecular flexibility index (Phi) is 11.0. The van der Waals surface area contributed by atoms with Gasteiger partial charge in [-0.05, 0) is 61.8 Å². The summed E-state index contributed by atoms with van der Waals surface area (Å²) in [5, 5.41) is 20.1. The highest BCUT2D eigenvalue weighted by atomic mass is 16.5. The topological polar surface area (TPSA) is 99.7 Å². The van der Waals surface area contributed by atoms with Crippen LogP contribution in [0, 0.1) is 11.8 Å². The Morgan fingerprint density at radius 1 is 1.09 bits per heavy atom. The van der Waals surface area contributed by atoms with Crippen molar-refractivity contribution in [2.24, 2.45) is 11.8 Å². The fourth-order valence-electron chi connectivity index (χ4n) is 3.67. The van der Waals surface area contributed by atoms with Crippen molar-refractivity contribution in [1.82, 2.24) is 16.0 Å². The molecule has 0 radical (unpaired) electrons. The third kappa shape index (κ3) is 9.17. The van der Waals surface area contributed by atoms with Crippen molar-refractivity contribution in [2.45, 2.75) is 78.0 Å². The van der Waals surface area contributed by atoms with E-state index >= 15 is 0 Å². The van der Waals surface area contributed by atoms with Crippen LogP contribution < -0.4 is 20.7 Å². The summed E-state index contributed by atoms with van der Waals surface area (Å²) in [6.07, 6.45) is 2.56. The fourth-order valence-corrected chi connectivity index (χ4v) is 3.67. The number of fused-ring (bicyclic) bond motifs is 13. The van der Waals surface area contributed by atoms with Crippen LogP contribution in [-0.4, -0.2) is 54.8 Å². The number of amides is 2. The van der Waals surface area contributed by atoms with Crippen LogP contribution >= 0.6 is 0 Å². The third-order valence-corrected chi connectivity index (χ3v) is 5.76. The molecular weight excluding hydrogens is 406 g/mol. The molecule has 2 bridgehead atoms. The molecule has 1 unspecified atom stereocenters. The Labute approximate surface area is 192 Å². The maximum Gasteiger partial charge on any atom is 0.243 e. The molecular formula is C25H41N3O4. The van der Waals surface area contributed by atoms with Gasteiger partial charge in [-0.1, -0.05) is 39.8 Å². The molecule has 1 aromatic rings. The van der Waals surface area contributed by atoms with Crippen LogP contribution in [0.5, 0.6) is 5.75 Å². The number of benzene rings is 1. The molecule has 0 aromatic heterocycles. The molecule has 3 atom stereocenters. The number of carbonyl (C=O) groups excluding carboxylic acids is 2. The van der Waals surface area contributed by atoms with Crippen molar-refractivity contribution in [2.75, 3.05) is 19.7 Å². The molecule has 0 aliphatic carbocycles. The van der Waals surface area contributed by atoms with E-state index in [2.05, 4.69) is 29.8 Å². The van der Waals surface area contributed by atoms with Gasteiger partial charge in [0.05, 0.1) is 18.8 Å². The van der Waals surface area contributed by atoms with Crippen LogP contribution in [-0.2, 0) is 16.0 Å². The van der Waals surface area contributed by atoms with Crippen LogP contribution in [0.25, 0.3) is 0 Å². The first-order valence-electron chi connectivity index (χ1n) is 12.0. The summed E-state index contributed by atoms with van der Waals surface area (Å²) >= 11 is 0. The van der Waals surface area contributed by atoms with Crippen molar-refractivity contribution < 1.29 is 19.4 Å². The first-order valence-corrected chi connectivity index (χ1v) is 12.0. The van der Waals surface area contributed by atoms with Crippen molar-refractivity contribution in [3.8, 4) is 5.75 Å². The monoisotopic (exact) mass is 447 g/mol. The Balaban J connectivity index is 2.18. The van der Waals surface area contributed by atoms with Crippen molar-refractivity contribution in [3.05, 3.63) is 29.8 Å². The number of hydrogen-bond acceptors (Lipinski definition) is 5. The second-order valence-corrected chi connectivity index (χ2v) is 9.51. The molecule has 4 N–H and O–H groups in total. The van der Waals surface area contributed by atoms with Gasteiger partial charge >= 0.3 is 0 Å². The van der Waals surface area contributed by atoms with Gasteiger partial charge in [-0.3, -0.25) is 9.59 Å². The highest BCUT2D eigenvalue weighted by Gasteiger charge is 2.29. The predicted octanol–water partition coefficient (Wildman–Crippen LogP) is 2.41. The lowest BCUT2D eigenvalue weighted by Gasteiger charge is -2.29. The van der Waals surface area contributed by atoms with E-state index in [-0.39, 0.29) is 17.7 Å². The summed E-state index contributed by atoms with van der Waals surface area (Å²) < 4.78 is 5.77. The average Bonchev–Trinajstić information content (AvgIpc) is 2.74. The number of nitrogens with one attached hydrogen (secondary N) is 3. The SMILES string of the molecule is CC(C)CCNC[C@@H](O)[C@@H]1Cc2ccc(cc2)OCCCCC(=O)NC(C(C)C)C(=O)N1. The van der Waals surface area contributed by atoms with Gasteiger partial charge in [-0.2, -0.15) is 0 Å². The molecule has 180 valence electrons. The molecule has 7 heteroatoms. The van der Waals surface area contributed by atoms with E-state index in [0.717, 1.165) is 30.7 Å². The Hall–Kier alpha value is -2.12. The van der Waals surface area contributed by atoms with Crippen LogP contribution in [0.15, 0.2) is 24.3 Å². The van der Waals surface area contributed by atoms with E-state index in [4.69, 9.17) is 4.74 Å². The van der Waals surface area contributed by atoms with Gasteiger partial charge < -0.3 is 25.8 Å². The lowest BCUT2D eigenvalue weighted by atomic mass is 9.98. The quantitative estimate of drug-likeness (QED) is 0.481. The Bertz CT molecular complexity index is 706. The second-order valence-electron chi connectivity index (χ2n) is 9.51. The summed E-state index contributed by atoms with van der Waals surface area (Å²) in [4.78, 5) is 25.5. The molecule has 0 saturated heterocycles. The van der Waals surface area contributed by atoms with Crippen molar-refractivity contribution in [1.29, 1.82) is 0 Å². The summed E-state index contributed by atoms with van der Waals surface area (Å²) in [5.41, 5.74) is 1.00. The molecule has 0 spiro atoms. The number of aliphatic hydroxyl groups is 1. The zero-order valence-corrected chi connectivity index (χ0v) is 20.0. The second kappa shape index (κ2) is 13.4. The summed E-state index contributed by atoms with van der Waals surface area (Å²) in [6.45, 7) is 9.89. The first kappa shape index (κ1) is 26.1. The maximum absolute atomic E-state index is 13.1. The molecule has 7 nitrogen and oxygen atoms in total. The molecule has 0 fully saturated rings. The summed E-state index contributed by atoms with van der Waals surface area (Å²) in [6, 6.07) is 6.65. The van der Waals surface area contributed by atoms with Crippen LogP contribution in [0.3, 0.4) is 0 Å². The smallest absolute Gasteiger partial charge is 0.243 e. The van der Waals surface area contributed by atoms with Crippen LogP contribution in [0.2, 0.25) is 0 Å². The lowest BCUT2D eigenvalue weighted by molar-refractivity contribution is -0.131. The van der Waals surface area contributed by atoms with Gasteiger partial charge in [-0.25, -0.2) is 0 Å². The first-order chi connectivity index (χ1) is 15.3. The largest absolute Gasteiger partial charge is 0.494 e. The van der Waals surface area contributed by atoms with Gasteiger partial charge in [0.1, 0.15) is 11.8 Å². The van der Waals surface area contributed by atoms with Gasteiger partial charge in [0.15, 0.2) is 0 Å². The van der Waals surface area contributed by atoms with E-state index in [1.54, 1.807) is 0 Å². The van der Waals surface area contributed by atoms with E-state index in [0.29, 0.717) is 38.3 Å². The summed E-state index contributed by atoms with van der Waals surface area (Å²) in [7, 11) is 0. The van der Waals surface area contributed by atoms with Gasteiger partial charge in [0, 0.05) is 13.0 Å². The third-order valence-electron chi connectivity index (χ3n) is 5.76. The zero-order valence-electron chi connectivity index (χ0n) is 20.0. The zero-order chi connectivity index (χ0) is 23.5. The minimum Gasteiger partial charge on any atom is -0.494 e. The Morgan fingerprint density at radius 3 is 2.47 bits per heavy atom. The molecule has 3 rings (SSSR count). The van der Waals surface area contributed by atoms with E-state index in [1.807, 2.05) is 38.1 Å². The van der Waals surface area contributed by atoms with E-state index in [9.17, 15) is 14.7 Å². The molecule has 0 saturated carbocycles. The van der Waals surface area contributed by atoms with E-state index in [1.165, 1.54) is 0 Å². The van der Waals surface area contributed by atoms with Crippen LogP contribution in [0.1, 0.15) is 58.9 Å². The normalized spacial score (nSPS) is 21.8. The van der Waals surface area contributed by atoms with Gasteiger partial charge in [-0.15, -0.1) is 0 Å². The summed E-state index contributed by atoms with van der Waals surface area (Å²) in [5.74, 6) is 0.899. The number of aliphatic hydroxyl groups excluding tert-OH is 1. The minimum atomic E-state index is -0.760. The van der Waals surface area contributed by atoms with Crippen molar-refractivity contribution in [3.63, 3.8) is 0 Å². The minimum absolute atomic E-state index is 0.0672. The maximum atomic E-state index is 13.1. The molecule has 32 heavy (non-hydrogen) atoms. The number of hydrogen-bond donors (Lipinski definition) is 4. The molecule has 2 aliphatic heterocycles. The molecule has 1 aromatic carbocycles. The highest BCUT2D eigenvalue weighted by molar-refractivity contribution is 5.88. The predicted molar refractivity (Wildman–Crippen MR) is 127 cm³/mol.